The average Bonchev–Trinajstić information content (AvgIpc) is 2.79. The van der Waals surface area contributed by atoms with Crippen LogP contribution in [0.2, 0.25) is 0 Å². The third-order valence-corrected chi connectivity index (χ3v) is 4.63. The number of carbonyl (C=O) groups is 6. The number of primary amides is 1. The first-order valence-electron chi connectivity index (χ1n) is 11.1. The van der Waals surface area contributed by atoms with Crippen molar-refractivity contribution in [3.8, 4) is 0 Å². The lowest BCUT2D eigenvalue weighted by Crippen LogP contribution is -2.56. The van der Waals surface area contributed by atoms with E-state index in [1.54, 1.807) is 45.0 Å². The van der Waals surface area contributed by atoms with Crippen LogP contribution < -0.4 is 21.8 Å². The third kappa shape index (κ3) is 10.8. The number of nitrogens with zero attached hydrogens (tertiary/aromatic N) is 1. The molecule has 0 aromatic heterocycles. The summed E-state index contributed by atoms with van der Waals surface area (Å²) in [5, 5.41) is 5.35. The van der Waals surface area contributed by atoms with E-state index in [1.807, 2.05) is 6.07 Å². The minimum absolute atomic E-state index is 0.0132. The van der Waals surface area contributed by atoms with Gasteiger partial charge in [-0.1, -0.05) is 51.1 Å². The number of hydrogen-bond acceptors (Lipinski definition) is 7. The Morgan fingerprint density at radius 2 is 1.53 bits per heavy atom. The molecule has 0 aliphatic heterocycles. The lowest BCUT2D eigenvalue weighted by molar-refractivity contribution is -0.142. The first kappa shape index (κ1) is 29.8. The van der Waals surface area contributed by atoms with Gasteiger partial charge >= 0.3 is 6.09 Å². The van der Waals surface area contributed by atoms with Crippen molar-refractivity contribution in [2.45, 2.75) is 53.3 Å². The Morgan fingerprint density at radius 1 is 0.944 bits per heavy atom. The number of ether oxygens (including phenoxy) is 1. The van der Waals surface area contributed by atoms with Gasteiger partial charge in [0.15, 0.2) is 5.78 Å². The van der Waals surface area contributed by atoms with Crippen LogP contribution in [-0.4, -0.2) is 59.1 Å². The molecule has 2 atom stereocenters. The molecule has 0 spiro atoms. The number of amides is 5. The first-order valence-corrected chi connectivity index (χ1v) is 11.1. The predicted octanol–water partition coefficient (Wildman–Crippen LogP) is 0.323. The van der Waals surface area contributed by atoms with Gasteiger partial charge in [-0.3, -0.25) is 29.4 Å². The number of nitrogens with one attached hydrogen (secondary N) is 3. The zero-order valence-electron chi connectivity index (χ0n) is 21.0. The molecular formula is C24H33N5O7. The van der Waals surface area contributed by atoms with Crippen molar-refractivity contribution in [1.29, 1.82) is 0 Å². The SMILES string of the molecule is C[C@H](NC(=O)OCc1ccccc1)C(=O)N[C@@H](C)C(=O)NN(CC(N)=O)C(=O)/C=C/C(=O)C(C)(C)C. The number of hydrogen-bond donors (Lipinski definition) is 4. The second-order valence-electron chi connectivity index (χ2n) is 8.97. The van der Waals surface area contributed by atoms with Gasteiger partial charge in [0, 0.05) is 11.5 Å². The number of nitrogens with two attached hydrogens (primary N) is 1. The Morgan fingerprint density at radius 3 is 2.08 bits per heavy atom. The van der Waals surface area contributed by atoms with Gasteiger partial charge in [-0.2, -0.15) is 0 Å². The minimum Gasteiger partial charge on any atom is -0.445 e. The Hall–Kier alpha value is -4.22. The van der Waals surface area contributed by atoms with Gasteiger partial charge in [0.2, 0.25) is 11.8 Å². The summed E-state index contributed by atoms with van der Waals surface area (Å²) in [7, 11) is 0. The Kier molecular flexibility index (Phi) is 11.3. The van der Waals surface area contributed by atoms with Gasteiger partial charge in [0.05, 0.1) is 0 Å². The molecule has 0 saturated carbocycles. The standard InChI is InChI=1S/C24H33N5O7/c1-15(27-23(35)36-14-17-9-7-6-8-10-17)21(33)26-16(2)22(34)28-29(13-19(25)31)20(32)12-11-18(30)24(3,4)5/h6-12,15-16H,13-14H2,1-5H3,(H2,25,31)(H,26,33)(H,27,35)(H,28,34)/b12-11+/t15-,16-/m0/s1. The zero-order chi connectivity index (χ0) is 27.5. The van der Waals surface area contributed by atoms with E-state index >= 15 is 0 Å². The molecule has 0 saturated heterocycles. The van der Waals surface area contributed by atoms with Crippen LogP contribution in [0.5, 0.6) is 0 Å². The van der Waals surface area contributed by atoms with E-state index in [4.69, 9.17) is 10.5 Å². The van der Waals surface area contributed by atoms with Crippen LogP contribution in [-0.2, 0) is 35.3 Å². The molecule has 12 nitrogen and oxygen atoms in total. The maximum atomic E-state index is 12.5. The molecule has 0 heterocycles. The summed E-state index contributed by atoms with van der Waals surface area (Å²) in [5.41, 5.74) is 7.36. The summed E-state index contributed by atoms with van der Waals surface area (Å²) in [4.78, 5) is 72.5. The van der Waals surface area contributed by atoms with Crippen molar-refractivity contribution in [2.75, 3.05) is 6.54 Å². The van der Waals surface area contributed by atoms with Crippen LogP contribution in [0.25, 0.3) is 0 Å². The molecule has 0 aliphatic carbocycles. The van der Waals surface area contributed by atoms with Crippen molar-refractivity contribution in [3.63, 3.8) is 0 Å². The van der Waals surface area contributed by atoms with Gasteiger partial charge in [-0.25, -0.2) is 9.80 Å². The highest BCUT2D eigenvalue weighted by atomic mass is 16.5. The molecule has 5 amide bonds. The number of ketones is 1. The quantitative estimate of drug-likeness (QED) is 0.262. The fourth-order valence-electron chi connectivity index (χ4n) is 2.46. The molecule has 0 radical (unpaired) electrons. The Labute approximate surface area is 209 Å². The van der Waals surface area contributed by atoms with Crippen molar-refractivity contribution in [2.24, 2.45) is 11.1 Å². The van der Waals surface area contributed by atoms with Crippen molar-refractivity contribution < 1.29 is 33.5 Å². The van der Waals surface area contributed by atoms with E-state index in [9.17, 15) is 28.8 Å². The molecule has 5 N–H and O–H groups in total. The van der Waals surface area contributed by atoms with Crippen LogP contribution in [0.15, 0.2) is 42.5 Å². The molecule has 1 aromatic rings. The van der Waals surface area contributed by atoms with Gasteiger partial charge in [0.1, 0.15) is 25.2 Å². The molecule has 1 aromatic carbocycles. The smallest absolute Gasteiger partial charge is 0.408 e. The fourth-order valence-corrected chi connectivity index (χ4v) is 2.46. The number of allylic oxidation sites excluding steroid dienone is 1. The molecular weight excluding hydrogens is 470 g/mol. The summed E-state index contributed by atoms with van der Waals surface area (Å²) in [5.74, 6) is -3.66. The second kappa shape index (κ2) is 13.6. The lowest BCUT2D eigenvalue weighted by Gasteiger charge is -2.24. The molecule has 0 fully saturated rings. The molecule has 0 bridgehead atoms. The molecule has 0 aliphatic rings. The van der Waals surface area contributed by atoms with E-state index in [-0.39, 0.29) is 12.4 Å². The van der Waals surface area contributed by atoms with Gasteiger partial charge in [-0.05, 0) is 25.5 Å². The van der Waals surface area contributed by atoms with Crippen LogP contribution in [0.1, 0.15) is 40.2 Å². The largest absolute Gasteiger partial charge is 0.445 e. The summed E-state index contributed by atoms with van der Waals surface area (Å²) >= 11 is 0. The average molecular weight is 504 g/mol. The summed E-state index contributed by atoms with van der Waals surface area (Å²) in [6.07, 6.45) is 1.12. The summed E-state index contributed by atoms with van der Waals surface area (Å²) in [6.45, 7) is 7.07. The molecule has 36 heavy (non-hydrogen) atoms. The van der Waals surface area contributed by atoms with Crippen LogP contribution in [0, 0.1) is 5.41 Å². The molecule has 1 rings (SSSR count). The van der Waals surface area contributed by atoms with E-state index in [2.05, 4.69) is 16.1 Å². The number of alkyl carbamates (subject to hydrolysis) is 1. The Bertz CT molecular complexity index is 1000. The molecule has 0 unspecified atom stereocenters. The van der Waals surface area contributed by atoms with Crippen molar-refractivity contribution >= 4 is 35.5 Å². The van der Waals surface area contributed by atoms with Crippen LogP contribution in [0.3, 0.4) is 0 Å². The highest BCUT2D eigenvalue weighted by molar-refractivity contribution is 6.01. The lowest BCUT2D eigenvalue weighted by atomic mass is 9.91. The summed E-state index contributed by atoms with van der Waals surface area (Å²) in [6, 6.07) is 6.74. The second-order valence-corrected chi connectivity index (χ2v) is 8.97. The van der Waals surface area contributed by atoms with Crippen molar-refractivity contribution in [3.05, 3.63) is 48.0 Å². The topological polar surface area (TPSA) is 177 Å². The highest BCUT2D eigenvalue weighted by Crippen LogP contribution is 2.14. The fraction of sp³-hybridized carbons (Fsp3) is 0.417. The van der Waals surface area contributed by atoms with Gasteiger partial charge in [-0.15, -0.1) is 0 Å². The normalized spacial score (nSPS) is 12.7. The number of hydrazine groups is 1. The number of carbonyl (C=O) groups excluding carboxylic acids is 6. The van der Waals surface area contributed by atoms with E-state index in [0.29, 0.717) is 5.01 Å². The maximum Gasteiger partial charge on any atom is 0.408 e. The predicted molar refractivity (Wildman–Crippen MR) is 129 cm³/mol. The summed E-state index contributed by atoms with van der Waals surface area (Å²) < 4.78 is 5.05. The number of rotatable bonds is 10. The Balaban J connectivity index is 2.65. The first-order chi connectivity index (χ1) is 16.7. The van der Waals surface area contributed by atoms with Gasteiger partial charge < -0.3 is 21.1 Å². The van der Waals surface area contributed by atoms with Crippen molar-refractivity contribution in [1.82, 2.24) is 21.1 Å². The van der Waals surface area contributed by atoms with Crippen LogP contribution in [0.4, 0.5) is 4.79 Å². The molecule has 12 heteroatoms. The minimum atomic E-state index is -1.16. The van der Waals surface area contributed by atoms with Crippen LogP contribution >= 0.6 is 0 Å². The van der Waals surface area contributed by atoms with E-state index < -0.39 is 53.8 Å². The highest BCUT2D eigenvalue weighted by Gasteiger charge is 2.25. The monoisotopic (exact) mass is 503 g/mol. The molecule has 196 valence electrons. The third-order valence-electron chi connectivity index (χ3n) is 4.63. The van der Waals surface area contributed by atoms with E-state index in [1.165, 1.54) is 13.8 Å². The van der Waals surface area contributed by atoms with E-state index in [0.717, 1.165) is 17.7 Å². The number of benzene rings is 1. The zero-order valence-corrected chi connectivity index (χ0v) is 21.0. The van der Waals surface area contributed by atoms with Gasteiger partial charge in [0.25, 0.3) is 11.8 Å². The maximum absolute atomic E-state index is 12.5.